The summed E-state index contributed by atoms with van der Waals surface area (Å²) in [5, 5.41) is 3.82. The lowest BCUT2D eigenvalue weighted by Crippen LogP contribution is -2.18. The third-order valence-electron chi connectivity index (χ3n) is 4.61. The first kappa shape index (κ1) is 21.2. The van der Waals surface area contributed by atoms with Crippen molar-refractivity contribution < 1.29 is 13.2 Å². The minimum absolute atomic E-state index is 0.0454. The van der Waals surface area contributed by atoms with E-state index in [0.717, 1.165) is 21.5 Å². The lowest BCUT2D eigenvalue weighted by molar-refractivity contribution is 0.103. The van der Waals surface area contributed by atoms with Gasteiger partial charge in [0.2, 0.25) is 10.0 Å². The van der Waals surface area contributed by atoms with Gasteiger partial charge >= 0.3 is 0 Å². The molecule has 0 aliphatic rings. The lowest BCUT2D eigenvalue weighted by Gasteiger charge is -2.14. The molecule has 0 saturated heterocycles. The summed E-state index contributed by atoms with van der Waals surface area (Å²) >= 11 is 1.33. The standard InChI is InChI=1S/C20H24N4O3S2/c1-6-10-29(26,27)24-16-9-7-8-15(11(16)2)23-19(25)18-12(3)17-13(4)21-14(5)22-20(17)28-18/h7-9,24H,6,10H2,1-5H3,(H,23,25). The molecule has 154 valence electrons. The van der Waals surface area contributed by atoms with Gasteiger partial charge < -0.3 is 5.32 Å². The van der Waals surface area contributed by atoms with Gasteiger partial charge in [-0.15, -0.1) is 11.3 Å². The molecule has 9 heteroatoms. The largest absolute Gasteiger partial charge is 0.321 e. The minimum Gasteiger partial charge on any atom is -0.321 e. The highest BCUT2D eigenvalue weighted by Crippen LogP contribution is 2.32. The first-order valence-corrected chi connectivity index (χ1v) is 11.8. The SMILES string of the molecule is CCCS(=O)(=O)Nc1cccc(NC(=O)c2sc3nc(C)nc(C)c3c2C)c1C. The number of carbonyl (C=O) groups is 1. The molecule has 2 N–H and O–H groups in total. The molecule has 0 bridgehead atoms. The Morgan fingerprint density at radius 1 is 1.07 bits per heavy atom. The van der Waals surface area contributed by atoms with Crippen molar-refractivity contribution in [3.8, 4) is 0 Å². The van der Waals surface area contributed by atoms with E-state index in [-0.39, 0.29) is 11.7 Å². The molecule has 0 aliphatic heterocycles. The van der Waals surface area contributed by atoms with Crippen molar-refractivity contribution in [2.75, 3.05) is 15.8 Å². The number of amides is 1. The zero-order valence-corrected chi connectivity index (χ0v) is 18.7. The summed E-state index contributed by atoms with van der Waals surface area (Å²) in [6.07, 6.45) is 0.526. The third kappa shape index (κ3) is 4.40. The Balaban J connectivity index is 1.92. The summed E-state index contributed by atoms with van der Waals surface area (Å²) in [6.45, 7) is 9.21. The second-order valence-electron chi connectivity index (χ2n) is 6.95. The molecular weight excluding hydrogens is 408 g/mol. The molecule has 2 heterocycles. The zero-order valence-electron chi connectivity index (χ0n) is 17.1. The fraction of sp³-hybridized carbons (Fsp3) is 0.350. The molecule has 2 aromatic heterocycles. The van der Waals surface area contributed by atoms with Crippen LogP contribution in [0.25, 0.3) is 10.2 Å². The fourth-order valence-electron chi connectivity index (χ4n) is 3.24. The summed E-state index contributed by atoms with van der Waals surface area (Å²) in [6, 6.07) is 5.15. The van der Waals surface area contributed by atoms with E-state index >= 15 is 0 Å². The van der Waals surface area contributed by atoms with Crippen LogP contribution in [0.1, 0.15) is 45.7 Å². The van der Waals surface area contributed by atoms with Crippen molar-refractivity contribution in [1.82, 2.24) is 9.97 Å². The van der Waals surface area contributed by atoms with Crippen molar-refractivity contribution in [3.63, 3.8) is 0 Å². The molecule has 0 unspecified atom stereocenters. The number of nitrogens with zero attached hydrogens (tertiary/aromatic N) is 2. The Hall–Kier alpha value is -2.52. The normalized spacial score (nSPS) is 11.6. The van der Waals surface area contributed by atoms with Gasteiger partial charge in [0.1, 0.15) is 10.7 Å². The van der Waals surface area contributed by atoms with Gasteiger partial charge in [-0.25, -0.2) is 18.4 Å². The molecular formula is C20H24N4O3S2. The van der Waals surface area contributed by atoms with Crippen molar-refractivity contribution in [1.29, 1.82) is 0 Å². The van der Waals surface area contributed by atoms with E-state index in [0.29, 0.717) is 34.1 Å². The smallest absolute Gasteiger partial charge is 0.266 e. The van der Waals surface area contributed by atoms with Gasteiger partial charge in [-0.3, -0.25) is 9.52 Å². The predicted molar refractivity (Wildman–Crippen MR) is 118 cm³/mol. The van der Waals surface area contributed by atoms with Crippen LogP contribution in [0.3, 0.4) is 0 Å². The number of benzene rings is 1. The maximum Gasteiger partial charge on any atom is 0.266 e. The molecule has 7 nitrogen and oxygen atoms in total. The van der Waals surface area contributed by atoms with E-state index in [2.05, 4.69) is 20.0 Å². The van der Waals surface area contributed by atoms with Crippen LogP contribution in [0, 0.1) is 27.7 Å². The molecule has 0 atom stereocenters. The molecule has 0 radical (unpaired) electrons. The molecule has 0 saturated carbocycles. The van der Waals surface area contributed by atoms with Gasteiger partial charge in [-0.05, 0) is 57.4 Å². The van der Waals surface area contributed by atoms with E-state index in [1.54, 1.807) is 25.1 Å². The first-order chi connectivity index (χ1) is 13.6. The van der Waals surface area contributed by atoms with Crippen molar-refractivity contribution in [2.24, 2.45) is 0 Å². The Morgan fingerprint density at radius 2 is 1.76 bits per heavy atom. The van der Waals surface area contributed by atoms with Crippen molar-refractivity contribution in [3.05, 3.63) is 45.7 Å². The average molecular weight is 433 g/mol. The Morgan fingerprint density at radius 3 is 2.45 bits per heavy atom. The van der Waals surface area contributed by atoms with E-state index in [9.17, 15) is 13.2 Å². The maximum absolute atomic E-state index is 13.0. The molecule has 1 amide bonds. The number of nitrogens with one attached hydrogen (secondary N) is 2. The molecule has 0 aliphatic carbocycles. The predicted octanol–water partition coefficient (Wildman–Crippen LogP) is 4.33. The van der Waals surface area contributed by atoms with Gasteiger partial charge in [0, 0.05) is 16.8 Å². The Labute approximate surface area is 174 Å². The maximum atomic E-state index is 13.0. The van der Waals surface area contributed by atoms with Gasteiger partial charge in [0.15, 0.2) is 0 Å². The van der Waals surface area contributed by atoms with Gasteiger partial charge in [-0.2, -0.15) is 0 Å². The number of aromatic nitrogens is 2. The summed E-state index contributed by atoms with van der Waals surface area (Å²) in [5.74, 6) is 0.467. The zero-order chi connectivity index (χ0) is 21.3. The molecule has 0 fully saturated rings. The van der Waals surface area contributed by atoms with Crippen LogP contribution in [0.2, 0.25) is 0 Å². The molecule has 29 heavy (non-hydrogen) atoms. The van der Waals surface area contributed by atoms with E-state index in [4.69, 9.17) is 0 Å². The second-order valence-corrected chi connectivity index (χ2v) is 9.79. The second kappa shape index (κ2) is 8.08. The topological polar surface area (TPSA) is 101 Å². The average Bonchev–Trinajstić information content (AvgIpc) is 2.95. The number of anilines is 2. The van der Waals surface area contributed by atoms with Gasteiger partial charge in [-0.1, -0.05) is 13.0 Å². The summed E-state index contributed by atoms with van der Waals surface area (Å²) in [4.78, 5) is 23.2. The van der Waals surface area contributed by atoms with E-state index < -0.39 is 10.0 Å². The van der Waals surface area contributed by atoms with Crippen LogP contribution in [-0.2, 0) is 10.0 Å². The van der Waals surface area contributed by atoms with Crippen LogP contribution in [-0.4, -0.2) is 30.0 Å². The van der Waals surface area contributed by atoms with Crippen molar-refractivity contribution in [2.45, 2.75) is 41.0 Å². The molecule has 0 spiro atoms. The minimum atomic E-state index is -3.41. The van der Waals surface area contributed by atoms with Crippen LogP contribution in [0.5, 0.6) is 0 Å². The van der Waals surface area contributed by atoms with E-state index in [1.807, 2.05) is 27.7 Å². The highest BCUT2D eigenvalue weighted by atomic mass is 32.2. The highest BCUT2D eigenvalue weighted by molar-refractivity contribution is 7.92. The lowest BCUT2D eigenvalue weighted by atomic mass is 10.1. The van der Waals surface area contributed by atoms with Crippen LogP contribution >= 0.6 is 11.3 Å². The summed E-state index contributed by atoms with van der Waals surface area (Å²) in [7, 11) is -3.41. The number of thiophene rings is 1. The number of rotatable bonds is 6. The summed E-state index contributed by atoms with van der Waals surface area (Å²) < 4.78 is 26.8. The monoisotopic (exact) mass is 432 g/mol. The number of fused-ring (bicyclic) bond motifs is 1. The number of carbonyl (C=O) groups excluding carboxylic acids is 1. The van der Waals surface area contributed by atoms with Crippen molar-refractivity contribution >= 4 is 48.9 Å². The molecule has 1 aromatic carbocycles. The van der Waals surface area contributed by atoms with Gasteiger partial charge in [0.05, 0.1) is 16.3 Å². The third-order valence-corrected chi connectivity index (χ3v) is 7.27. The number of hydrogen-bond donors (Lipinski definition) is 2. The molecule has 3 aromatic rings. The van der Waals surface area contributed by atoms with Crippen LogP contribution in [0.4, 0.5) is 11.4 Å². The Bertz CT molecular complexity index is 1200. The number of aryl methyl sites for hydroxylation is 3. The van der Waals surface area contributed by atoms with E-state index in [1.165, 1.54) is 11.3 Å². The quantitative estimate of drug-likeness (QED) is 0.604. The number of hydrogen-bond acceptors (Lipinski definition) is 6. The molecule has 3 rings (SSSR count). The fourth-order valence-corrected chi connectivity index (χ4v) is 5.61. The Kier molecular flexibility index (Phi) is 5.90. The summed E-state index contributed by atoms with van der Waals surface area (Å²) in [5.41, 5.74) is 3.37. The van der Waals surface area contributed by atoms with Crippen LogP contribution in [0.15, 0.2) is 18.2 Å². The first-order valence-electron chi connectivity index (χ1n) is 9.28. The van der Waals surface area contributed by atoms with Gasteiger partial charge in [0.25, 0.3) is 5.91 Å². The highest BCUT2D eigenvalue weighted by Gasteiger charge is 2.20. The number of sulfonamides is 1. The van der Waals surface area contributed by atoms with Crippen LogP contribution < -0.4 is 10.0 Å².